The summed E-state index contributed by atoms with van der Waals surface area (Å²) in [4.78, 5) is 20.6. The Labute approximate surface area is 112 Å². The van der Waals surface area contributed by atoms with Crippen molar-refractivity contribution in [1.29, 1.82) is 0 Å². The number of aryl methyl sites for hydroxylation is 2. The van der Waals surface area contributed by atoms with Crippen molar-refractivity contribution in [2.24, 2.45) is 0 Å². The van der Waals surface area contributed by atoms with Crippen LogP contribution in [0.4, 0.5) is 5.82 Å². The van der Waals surface area contributed by atoms with Crippen LogP contribution in [0.1, 0.15) is 35.0 Å². The molecule has 2 heterocycles. The molecule has 2 rings (SSSR count). The van der Waals surface area contributed by atoms with Crippen molar-refractivity contribution < 1.29 is 4.79 Å². The molecule has 0 spiro atoms. The van der Waals surface area contributed by atoms with Gasteiger partial charge in [-0.05, 0) is 38.0 Å². The average Bonchev–Trinajstić information content (AvgIpc) is 2.34. The molecule has 0 radical (unpaired) electrons. The third kappa shape index (κ3) is 2.65. The smallest absolute Gasteiger partial charge is 0.255 e. The van der Waals surface area contributed by atoms with Gasteiger partial charge in [0.1, 0.15) is 5.82 Å². The number of nitrogens with two attached hydrogens (primary N) is 1. The van der Waals surface area contributed by atoms with Gasteiger partial charge in [0.25, 0.3) is 5.91 Å². The Balaban J connectivity index is 2.52. The summed E-state index contributed by atoms with van der Waals surface area (Å²) < 4.78 is 0. The van der Waals surface area contributed by atoms with Gasteiger partial charge in [0, 0.05) is 17.6 Å². The molecule has 0 saturated carbocycles. The number of rotatable bonds is 3. The van der Waals surface area contributed by atoms with Crippen LogP contribution in [0.5, 0.6) is 0 Å². The highest BCUT2D eigenvalue weighted by molar-refractivity contribution is 6.01. The molecular formula is C14H18N4O. The molecule has 3 N–H and O–H groups in total. The second-order valence-corrected chi connectivity index (χ2v) is 4.63. The largest absolute Gasteiger partial charge is 0.383 e. The summed E-state index contributed by atoms with van der Waals surface area (Å²) in [5.74, 6) is 0.0346. The minimum atomic E-state index is -0.186. The summed E-state index contributed by atoms with van der Waals surface area (Å²) in [7, 11) is 0. The first-order chi connectivity index (χ1) is 9.02. The van der Waals surface area contributed by atoms with Crippen molar-refractivity contribution in [1.82, 2.24) is 15.3 Å². The molecule has 19 heavy (non-hydrogen) atoms. The zero-order valence-electron chi connectivity index (χ0n) is 11.4. The lowest BCUT2D eigenvalue weighted by atomic mass is 10.1. The van der Waals surface area contributed by atoms with Crippen LogP contribution < -0.4 is 11.1 Å². The molecule has 100 valence electrons. The van der Waals surface area contributed by atoms with Gasteiger partial charge in [-0.1, -0.05) is 6.92 Å². The van der Waals surface area contributed by atoms with Gasteiger partial charge in [0.15, 0.2) is 5.65 Å². The van der Waals surface area contributed by atoms with E-state index in [-0.39, 0.29) is 11.7 Å². The summed E-state index contributed by atoms with van der Waals surface area (Å²) in [5.41, 5.74) is 8.77. The maximum Gasteiger partial charge on any atom is 0.255 e. The van der Waals surface area contributed by atoms with Crippen LogP contribution in [-0.2, 0) is 0 Å². The predicted octanol–water partition coefficient (Wildman–Crippen LogP) is 1.97. The lowest BCUT2D eigenvalue weighted by molar-refractivity contribution is 0.0954. The summed E-state index contributed by atoms with van der Waals surface area (Å²) in [6, 6.07) is 3.73. The van der Waals surface area contributed by atoms with E-state index < -0.39 is 0 Å². The molecule has 0 bridgehead atoms. The molecule has 0 atom stereocenters. The number of nitrogen functional groups attached to an aromatic ring is 1. The van der Waals surface area contributed by atoms with E-state index in [9.17, 15) is 4.79 Å². The minimum absolute atomic E-state index is 0.186. The van der Waals surface area contributed by atoms with Crippen LogP contribution in [0.25, 0.3) is 11.0 Å². The highest BCUT2D eigenvalue weighted by atomic mass is 16.1. The van der Waals surface area contributed by atoms with Gasteiger partial charge in [0.05, 0.1) is 5.56 Å². The van der Waals surface area contributed by atoms with E-state index in [0.29, 0.717) is 17.8 Å². The number of hydrogen-bond donors (Lipinski definition) is 2. The molecule has 0 aromatic carbocycles. The Kier molecular flexibility index (Phi) is 3.64. The Morgan fingerprint density at radius 3 is 2.74 bits per heavy atom. The van der Waals surface area contributed by atoms with Gasteiger partial charge in [0.2, 0.25) is 0 Å². The first-order valence-corrected chi connectivity index (χ1v) is 6.35. The van der Waals surface area contributed by atoms with E-state index in [4.69, 9.17) is 5.73 Å². The van der Waals surface area contributed by atoms with E-state index >= 15 is 0 Å². The van der Waals surface area contributed by atoms with Crippen LogP contribution >= 0.6 is 0 Å². The fraction of sp³-hybridized carbons (Fsp3) is 0.357. The highest BCUT2D eigenvalue weighted by Gasteiger charge is 2.13. The summed E-state index contributed by atoms with van der Waals surface area (Å²) >= 11 is 0. The third-order valence-corrected chi connectivity index (χ3v) is 2.94. The quantitative estimate of drug-likeness (QED) is 0.882. The number of nitrogens with one attached hydrogen (secondary N) is 1. The molecule has 0 aliphatic heterocycles. The standard InChI is InChI=1S/C14H18N4O/c1-4-5-16-14(19)11-7-10-8(2)6-9(3)17-13(10)18-12(11)15/h6-7H,4-5H2,1-3H3,(H,16,19)(H2,15,17,18). The van der Waals surface area contributed by atoms with E-state index in [1.54, 1.807) is 6.07 Å². The van der Waals surface area contributed by atoms with Crippen molar-refractivity contribution in [2.45, 2.75) is 27.2 Å². The molecule has 2 aromatic heterocycles. The second-order valence-electron chi connectivity index (χ2n) is 4.63. The van der Waals surface area contributed by atoms with Crippen LogP contribution in [0.15, 0.2) is 12.1 Å². The monoisotopic (exact) mass is 258 g/mol. The first kappa shape index (κ1) is 13.3. The number of carbonyl (C=O) groups excluding carboxylic acids is 1. The lowest BCUT2D eigenvalue weighted by Crippen LogP contribution is -2.25. The zero-order valence-corrected chi connectivity index (χ0v) is 11.4. The summed E-state index contributed by atoms with van der Waals surface area (Å²) in [5, 5.41) is 3.67. The molecule has 2 aromatic rings. The molecule has 0 saturated heterocycles. The fourth-order valence-electron chi connectivity index (χ4n) is 2.00. The highest BCUT2D eigenvalue weighted by Crippen LogP contribution is 2.21. The SMILES string of the molecule is CCCNC(=O)c1cc2c(C)cc(C)nc2nc1N. The zero-order chi connectivity index (χ0) is 14.0. The summed E-state index contributed by atoms with van der Waals surface area (Å²) in [6.07, 6.45) is 0.881. The number of carbonyl (C=O) groups is 1. The maximum absolute atomic E-state index is 12.0. The first-order valence-electron chi connectivity index (χ1n) is 6.35. The molecule has 5 nitrogen and oxygen atoms in total. The maximum atomic E-state index is 12.0. The van der Waals surface area contributed by atoms with Crippen molar-refractivity contribution >= 4 is 22.8 Å². The number of anilines is 1. The number of pyridine rings is 2. The molecule has 5 heteroatoms. The Morgan fingerprint density at radius 2 is 2.05 bits per heavy atom. The number of aromatic nitrogens is 2. The third-order valence-electron chi connectivity index (χ3n) is 2.94. The Bertz CT molecular complexity index is 637. The number of nitrogens with zero attached hydrogens (tertiary/aromatic N) is 2. The number of amides is 1. The molecule has 0 aliphatic carbocycles. The van der Waals surface area contributed by atoms with Gasteiger partial charge < -0.3 is 11.1 Å². The summed E-state index contributed by atoms with van der Waals surface area (Å²) in [6.45, 7) is 6.51. The molecular weight excluding hydrogens is 240 g/mol. The minimum Gasteiger partial charge on any atom is -0.383 e. The van der Waals surface area contributed by atoms with E-state index in [0.717, 1.165) is 23.1 Å². The van der Waals surface area contributed by atoms with E-state index in [2.05, 4.69) is 15.3 Å². The number of fused-ring (bicyclic) bond motifs is 1. The van der Waals surface area contributed by atoms with Gasteiger partial charge in [-0.3, -0.25) is 4.79 Å². The van der Waals surface area contributed by atoms with Gasteiger partial charge in [-0.15, -0.1) is 0 Å². The van der Waals surface area contributed by atoms with E-state index in [1.165, 1.54) is 0 Å². The number of hydrogen-bond acceptors (Lipinski definition) is 4. The van der Waals surface area contributed by atoms with Crippen molar-refractivity contribution in [2.75, 3.05) is 12.3 Å². The van der Waals surface area contributed by atoms with Crippen LogP contribution in [0.3, 0.4) is 0 Å². The molecule has 1 amide bonds. The Morgan fingerprint density at radius 1 is 1.32 bits per heavy atom. The van der Waals surface area contributed by atoms with Gasteiger partial charge in [-0.2, -0.15) is 0 Å². The molecule has 0 unspecified atom stereocenters. The van der Waals surface area contributed by atoms with E-state index in [1.807, 2.05) is 26.8 Å². The lowest BCUT2D eigenvalue weighted by Gasteiger charge is -2.09. The van der Waals surface area contributed by atoms with Crippen molar-refractivity contribution in [3.05, 3.63) is 29.0 Å². The second kappa shape index (κ2) is 5.22. The predicted molar refractivity (Wildman–Crippen MR) is 76.0 cm³/mol. The average molecular weight is 258 g/mol. The molecule has 0 fully saturated rings. The van der Waals surface area contributed by atoms with Crippen molar-refractivity contribution in [3.63, 3.8) is 0 Å². The Hall–Kier alpha value is -2.17. The van der Waals surface area contributed by atoms with Crippen LogP contribution in [0, 0.1) is 13.8 Å². The normalized spacial score (nSPS) is 10.7. The van der Waals surface area contributed by atoms with Crippen LogP contribution in [-0.4, -0.2) is 22.4 Å². The van der Waals surface area contributed by atoms with Gasteiger partial charge >= 0.3 is 0 Å². The van der Waals surface area contributed by atoms with Gasteiger partial charge in [-0.25, -0.2) is 9.97 Å². The van der Waals surface area contributed by atoms with Crippen LogP contribution in [0.2, 0.25) is 0 Å². The fourth-order valence-corrected chi connectivity index (χ4v) is 2.00. The topological polar surface area (TPSA) is 80.9 Å². The molecule has 0 aliphatic rings. The van der Waals surface area contributed by atoms with Crippen molar-refractivity contribution in [3.8, 4) is 0 Å².